The van der Waals surface area contributed by atoms with Crippen molar-refractivity contribution in [3.8, 4) is 0 Å². The molecule has 1 rings (SSSR count). The first-order valence-electron chi connectivity index (χ1n) is 7.16. The molecule has 0 saturated carbocycles. The smallest absolute Gasteiger partial charge is 0.407 e. The van der Waals surface area contributed by atoms with Crippen molar-refractivity contribution in [2.75, 3.05) is 26.2 Å². The number of piperidine rings is 1. The van der Waals surface area contributed by atoms with Crippen molar-refractivity contribution in [3.05, 3.63) is 0 Å². The van der Waals surface area contributed by atoms with Crippen molar-refractivity contribution in [1.82, 2.24) is 10.2 Å². The fraction of sp³-hybridized carbons (Fsp3) is 0.929. The van der Waals surface area contributed by atoms with Gasteiger partial charge in [0, 0.05) is 25.7 Å². The van der Waals surface area contributed by atoms with Gasteiger partial charge in [-0.25, -0.2) is 4.79 Å². The molecule has 1 saturated heterocycles. The third-order valence-corrected chi connectivity index (χ3v) is 3.33. The summed E-state index contributed by atoms with van der Waals surface area (Å²) in [6.45, 7) is 10.4. The maximum absolute atomic E-state index is 11.8. The van der Waals surface area contributed by atoms with Gasteiger partial charge in [-0.1, -0.05) is 13.3 Å². The topological polar surface area (TPSA) is 61.8 Å². The number of carbonyl (C=O) groups excluding carboxylic acids is 1. The monoisotopic (exact) mass is 272 g/mol. The first-order valence-corrected chi connectivity index (χ1v) is 7.16. The second kappa shape index (κ2) is 7.10. The molecule has 1 fully saturated rings. The van der Waals surface area contributed by atoms with Crippen molar-refractivity contribution < 1.29 is 14.6 Å². The zero-order valence-electron chi connectivity index (χ0n) is 12.6. The lowest BCUT2D eigenvalue weighted by Crippen LogP contribution is -2.52. The summed E-state index contributed by atoms with van der Waals surface area (Å²) in [5, 5.41) is 12.0. The van der Waals surface area contributed by atoms with Gasteiger partial charge in [0.15, 0.2) is 0 Å². The third-order valence-electron chi connectivity index (χ3n) is 3.33. The van der Waals surface area contributed by atoms with Gasteiger partial charge in [0.25, 0.3) is 0 Å². The molecule has 0 aliphatic carbocycles. The lowest BCUT2D eigenvalue weighted by molar-refractivity contribution is 0.0438. The minimum absolute atomic E-state index is 0.111. The number of aliphatic hydroxyl groups excluding tert-OH is 1. The highest BCUT2D eigenvalue weighted by atomic mass is 16.6. The molecule has 5 nitrogen and oxygen atoms in total. The van der Waals surface area contributed by atoms with Crippen LogP contribution in [0.5, 0.6) is 0 Å². The molecule has 0 aromatic heterocycles. The van der Waals surface area contributed by atoms with Gasteiger partial charge in [0.05, 0.1) is 6.61 Å². The molecular formula is C14H28N2O3. The quantitative estimate of drug-likeness (QED) is 0.816. The number of ether oxygens (including phenoxy) is 1. The number of nitrogens with zero attached hydrogens (tertiary/aromatic N) is 1. The number of β-amino-alcohol motifs (C(OH)–C–C–N with tert-alkyl or cyclic N) is 1. The van der Waals surface area contributed by atoms with Crippen LogP contribution >= 0.6 is 0 Å². The van der Waals surface area contributed by atoms with Crippen LogP contribution in [-0.4, -0.2) is 54.0 Å². The Kier molecular flexibility index (Phi) is 6.07. The number of amides is 1. The molecule has 0 bridgehead atoms. The van der Waals surface area contributed by atoms with Gasteiger partial charge in [-0.15, -0.1) is 0 Å². The number of rotatable bonds is 4. The second-order valence-corrected chi connectivity index (χ2v) is 6.34. The molecule has 1 heterocycles. The third kappa shape index (κ3) is 6.25. The Bertz CT molecular complexity index is 289. The zero-order chi connectivity index (χ0) is 14.5. The van der Waals surface area contributed by atoms with E-state index < -0.39 is 5.60 Å². The van der Waals surface area contributed by atoms with Crippen molar-refractivity contribution in [3.63, 3.8) is 0 Å². The number of aliphatic hydroxyl groups is 1. The molecule has 0 spiro atoms. The lowest BCUT2D eigenvalue weighted by Gasteiger charge is -2.37. The molecule has 0 aromatic rings. The number of hydrogen-bond acceptors (Lipinski definition) is 4. The molecule has 2 N–H and O–H groups in total. The van der Waals surface area contributed by atoms with Crippen LogP contribution in [0.3, 0.4) is 0 Å². The van der Waals surface area contributed by atoms with E-state index in [4.69, 9.17) is 9.84 Å². The van der Waals surface area contributed by atoms with E-state index in [0.29, 0.717) is 12.5 Å². The van der Waals surface area contributed by atoms with Crippen LogP contribution in [0.25, 0.3) is 0 Å². The summed E-state index contributed by atoms with van der Waals surface area (Å²) in [4.78, 5) is 14.0. The van der Waals surface area contributed by atoms with Gasteiger partial charge in [-0.3, -0.25) is 4.90 Å². The molecule has 2 unspecified atom stereocenters. The maximum atomic E-state index is 11.8. The summed E-state index contributed by atoms with van der Waals surface area (Å²) in [6.07, 6.45) is 1.73. The fourth-order valence-electron chi connectivity index (χ4n) is 2.50. The Morgan fingerprint density at radius 3 is 2.63 bits per heavy atom. The van der Waals surface area contributed by atoms with Crippen LogP contribution in [0.2, 0.25) is 0 Å². The van der Waals surface area contributed by atoms with E-state index in [0.717, 1.165) is 25.9 Å². The highest BCUT2D eigenvalue weighted by molar-refractivity contribution is 5.68. The molecular weight excluding hydrogens is 244 g/mol. The maximum Gasteiger partial charge on any atom is 0.407 e. The Morgan fingerprint density at radius 2 is 2.11 bits per heavy atom. The van der Waals surface area contributed by atoms with Gasteiger partial charge in [0.2, 0.25) is 0 Å². The summed E-state index contributed by atoms with van der Waals surface area (Å²) in [5.41, 5.74) is -0.465. The van der Waals surface area contributed by atoms with Crippen LogP contribution in [0, 0.1) is 5.92 Å². The van der Waals surface area contributed by atoms with Gasteiger partial charge in [-0.2, -0.15) is 0 Å². The van der Waals surface area contributed by atoms with E-state index in [1.807, 2.05) is 20.8 Å². The number of carbonyl (C=O) groups is 1. The van der Waals surface area contributed by atoms with Crippen LogP contribution in [0.1, 0.15) is 40.5 Å². The van der Waals surface area contributed by atoms with E-state index in [-0.39, 0.29) is 18.7 Å². The number of hydrogen-bond donors (Lipinski definition) is 2. The Hall–Kier alpha value is -0.810. The van der Waals surface area contributed by atoms with Crippen LogP contribution in [-0.2, 0) is 4.74 Å². The summed E-state index contributed by atoms with van der Waals surface area (Å²) < 4.78 is 5.29. The minimum atomic E-state index is -0.465. The molecule has 19 heavy (non-hydrogen) atoms. The predicted molar refractivity (Wildman–Crippen MR) is 75.1 cm³/mol. The largest absolute Gasteiger partial charge is 0.444 e. The lowest BCUT2D eigenvalue weighted by atomic mass is 9.92. The van der Waals surface area contributed by atoms with Crippen molar-refractivity contribution in [2.45, 2.75) is 52.2 Å². The molecule has 2 atom stereocenters. The van der Waals surface area contributed by atoms with E-state index in [1.165, 1.54) is 0 Å². The zero-order valence-corrected chi connectivity index (χ0v) is 12.6. The van der Waals surface area contributed by atoms with Crippen molar-refractivity contribution >= 4 is 6.09 Å². The van der Waals surface area contributed by atoms with Crippen LogP contribution in [0.15, 0.2) is 0 Å². The Labute approximate surface area is 116 Å². The molecule has 112 valence electrons. The van der Waals surface area contributed by atoms with Crippen LogP contribution < -0.4 is 5.32 Å². The molecule has 5 heteroatoms. The standard InChI is InChI=1S/C14H28N2O3/c1-5-11-8-12(10-16(9-11)6-7-17)15-13(18)19-14(2,3)4/h11-12,17H,5-10H2,1-4H3,(H,15,18). The van der Waals surface area contributed by atoms with Crippen molar-refractivity contribution in [2.24, 2.45) is 5.92 Å². The van der Waals surface area contributed by atoms with E-state index in [1.54, 1.807) is 0 Å². The van der Waals surface area contributed by atoms with Gasteiger partial charge >= 0.3 is 6.09 Å². The summed E-state index contributed by atoms with van der Waals surface area (Å²) in [6, 6.07) is 0.111. The molecule has 0 aromatic carbocycles. The molecule has 0 radical (unpaired) electrons. The fourth-order valence-corrected chi connectivity index (χ4v) is 2.50. The SMILES string of the molecule is CCC1CC(NC(=O)OC(C)(C)C)CN(CCO)C1. The Balaban J connectivity index is 2.49. The summed E-state index contributed by atoms with van der Waals surface area (Å²) in [7, 11) is 0. The van der Waals surface area contributed by atoms with Crippen molar-refractivity contribution in [1.29, 1.82) is 0 Å². The first-order chi connectivity index (χ1) is 8.84. The minimum Gasteiger partial charge on any atom is -0.444 e. The summed E-state index contributed by atoms with van der Waals surface area (Å²) >= 11 is 0. The highest BCUT2D eigenvalue weighted by Crippen LogP contribution is 2.20. The van der Waals surface area contributed by atoms with Gasteiger partial charge in [-0.05, 0) is 33.1 Å². The predicted octanol–water partition coefficient (Wildman–Crippen LogP) is 1.60. The van der Waals surface area contributed by atoms with Gasteiger partial charge < -0.3 is 15.2 Å². The second-order valence-electron chi connectivity index (χ2n) is 6.34. The molecule has 1 amide bonds. The average molecular weight is 272 g/mol. The van der Waals surface area contributed by atoms with E-state index >= 15 is 0 Å². The highest BCUT2D eigenvalue weighted by Gasteiger charge is 2.28. The number of nitrogens with one attached hydrogen (secondary N) is 1. The van der Waals surface area contributed by atoms with Gasteiger partial charge in [0.1, 0.15) is 5.60 Å². The molecule has 1 aliphatic heterocycles. The normalized spacial score (nSPS) is 25.1. The number of likely N-dealkylation sites (tertiary alicyclic amines) is 1. The number of alkyl carbamates (subject to hydrolysis) is 1. The van der Waals surface area contributed by atoms with E-state index in [9.17, 15) is 4.79 Å². The summed E-state index contributed by atoms with van der Waals surface area (Å²) in [5.74, 6) is 0.570. The molecule has 1 aliphatic rings. The Morgan fingerprint density at radius 1 is 1.42 bits per heavy atom. The van der Waals surface area contributed by atoms with E-state index in [2.05, 4.69) is 17.1 Å². The average Bonchev–Trinajstić information content (AvgIpc) is 2.26. The van der Waals surface area contributed by atoms with Crippen LogP contribution in [0.4, 0.5) is 4.79 Å². The first kappa shape index (κ1) is 16.2.